The van der Waals surface area contributed by atoms with Crippen LogP contribution >= 0.6 is 23.2 Å². The van der Waals surface area contributed by atoms with E-state index in [1.807, 2.05) is 36.4 Å². The zero-order chi connectivity index (χ0) is 22.5. The van der Waals surface area contributed by atoms with Crippen molar-refractivity contribution in [3.8, 4) is 11.3 Å². The lowest BCUT2D eigenvalue weighted by molar-refractivity contribution is -0.130. The number of benzene rings is 2. The van der Waals surface area contributed by atoms with Gasteiger partial charge in [-0.15, -0.1) is 0 Å². The summed E-state index contributed by atoms with van der Waals surface area (Å²) in [7, 11) is 0. The highest BCUT2D eigenvalue weighted by molar-refractivity contribution is 6.36. The van der Waals surface area contributed by atoms with Gasteiger partial charge in [-0.05, 0) is 18.2 Å². The molecule has 1 N–H and O–H groups in total. The van der Waals surface area contributed by atoms with Gasteiger partial charge < -0.3 is 15.1 Å². The Kier molecular flexibility index (Phi) is 6.87. The molecule has 1 aliphatic rings. The number of carbonyl (C=O) groups excluding carboxylic acids is 2. The van der Waals surface area contributed by atoms with Crippen LogP contribution in [0.5, 0.6) is 0 Å². The Morgan fingerprint density at radius 2 is 1.69 bits per heavy atom. The third-order valence-corrected chi connectivity index (χ3v) is 5.80. The second kappa shape index (κ2) is 9.97. The molecule has 0 bridgehead atoms. The van der Waals surface area contributed by atoms with Crippen molar-refractivity contribution >= 4 is 40.8 Å². The quantitative estimate of drug-likeness (QED) is 0.618. The molecule has 164 valence electrons. The summed E-state index contributed by atoms with van der Waals surface area (Å²) in [5.74, 6) is 0.278. The van der Waals surface area contributed by atoms with Gasteiger partial charge in [-0.3, -0.25) is 9.59 Å². The van der Waals surface area contributed by atoms with E-state index in [1.165, 1.54) is 12.1 Å². The Morgan fingerprint density at radius 1 is 0.938 bits per heavy atom. The number of hydrogen-bond donors (Lipinski definition) is 1. The normalized spacial score (nSPS) is 13.7. The number of aromatic nitrogens is 2. The van der Waals surface area contributed by atoms with Crippen molar-refractivity contribution in [1.82, 2.24) is 20.2 Å². The lowest BCUT2D eigenvalue weighted by Crippen LogP contribution is -2.51. The van der Waals surface area contributed by atoms with Crippen molar-refractivity contribution in [2.45, 2.75) is 0 Å². The first-order valence-electron chi connectivity index (χ1n) is 10.1. The Bertz CT molecular complexity index is 1120. The molecule has 0 aliphatic carbocycles. The number of anilines is 1. The SMILES string of the molecule is O=C(NCC(=O)N1CCN(c2cc(-c3ccccc3)ncn2)CC1)c1ccc(Cl)cc1Cl. The first-order chi connectivity index (χ1) is 15.5. The van der Waals surface area contributed by atoms with E-state index in [9.17, 15) is 9.59 Å². The standard InChI is InChI=1S/C23H21Cl2N5O2/c24-17-6-7-18(19(25)12-17)23(32)26-14-22(31)30-10-8-29(9-11-30)21-13-20(27-15-28-21)16-4-2-1-3-5-16/h1-7,12-13,15H,8-11,14H2,(H,26,32). The summed E-state index contributed by atoms with van der Waals surface area (Å²) >= 11 is 11.9. The minimum absolute atomic E-state index is 0.0938. The number of nitrogens with one attached hydrogen (secondary N) is 1. The molecule has 1 saturated heterocycles. The fourth-order valence-electron chi connectivity index (χ4n) is 3.51. The predicted octanol–water partition coefficient (Wildman–Crippen LogP) is 3.53. The molecule has 0 unspecified atom stereocenters. The molecule has 9 heteroatoms. The van der Waals surface area contributed by atoms with Gasteiger partial charge in [0.15, 0.2) is 0 Å². The van der Waals surface area contributed by atoms with Crippen LogP contribution in [-0.4, -0.2) is 59.4 Å². The highest BCUT2D eigenvalue weighted by Gasteiger charge is 2.23. The van der Waals surface area contributed by atoms with E-state index in [0.29, 0.717) is 31.2 Å². The second-order valence-corrected chi connectivity index (χ2v) is 8.15. The maximum absolute atomic E-state index is 12.6. The Morgan fingerprint density at radius 3 is 2.41 bits per heavy atom. The number of halogens is 2. The van der Waals surface area contributed by atoms with Crippen molar-refractivity contribution in [3.63, 3.8) is 0 Å². The molecular weight excluding hydrogens is 449 g/mol. The van der Waals surface area contributed by atoms with Crippen molar-refractivity contribution < 1.29 is 9.59 Å². The van der Waals surface area contributed by atoms with Gasteiger partial charge >= 0.3 is 0 Å². The molecule has 4 rings (SSSR count). The van der Waals surface area contributed by atoms with Gasteiger partial charge in [-0.25, -0.2) is 9.97 Å². The zero-order valence-electron chi connectivity index (χ0n) is 17.2. The lowest BCUT2D eigenvalue weighted by Gasteiger charge is -2.35. The molecule has 1 aromatic heterocycles. The minimum atomic E-state index is -0.409. The van der Waals surface area contributed by atoms with Crippen molar-refractivity contribution in [3.05, 3.63) is 76.5 Å². The van der Waals surface area contributed by atoms with Gasteiger partial charge in [0, 0.05) is 42.8 Å². The van der Waals surface area contributed by atoms with Crippen LogP contribution in [0.3, 0.4) is 0 Å². The topological polar surface area (TPSA) is 78.4 Å². The van der Waals surface area contributed by atoms with Gasteiger partial charge in [0.2, 0.25) is 5.91 Å². The lowest BCUT2D eigenvalue weighted by atomic mass is 10.1. The molecule has 0 atom stereocenters. The summed E-state index contributed by atoms with van der Waals surface area (Å²) in [4.78, 5) is 37.5. The van der Waals surface area contributed by atoms with Crippen LogP contribution < -0.4 is 10.2 Å². The molecule has 1 fully saturated rings. The van der Waals surface area contributed by atoms with E-state index in [2.05, 4.69) is 20.2 Å². The van der Waals surface area contributed by atoms with Crippen LogP contribution in [0.15, 0.2) is 60.9 Å². The van der Waals surface area contributed by atoms with E-state index in [4.69, 9.17) is 23.2 Å². The fourth-order valence-corrected chi connectivity index (χ4v) is 4.00. The van der Waals surface area contributed by atoms with Crippen LogP contribution in [0.4, 0.5) is 5.82 Å². The Labute approximate surface area is 196 Å². The number of rotatable bonds is 5. The highest BCUT2D eigenvalue weighted by Crippen LogP contribution is 2.22. The molecule has 32 heavy (non-hydrogen) atoms. The Balaban J connectivity index is 1.31. The molecule has 2 aromatic carbocycles. The smallest absolute Gasteiger partial charge is 0.253 e. The third kappa shape index (κ3) is 5.18. The molecule has 2 heterocycles. The number of piperazine rings is 1. The van der Waals surface area contributed by atoms with Crippen molar-refractivity contribution in [2.24, 2.45) is 0 Å². The summed E-state index contributed by atoms with van der Waals surface area (Å²) in [6.07, 6.45) is 1.56. The number of nitrogens with zero attached hydrogens (tertiary/aromatic N) is 4. The minimum Gasteiger partial charge on any atom is -0.353 e. The monoisotopic (exact) mass is 469 g/mol. The summed E-state index contributed by atoms with van der Waals surface area (Å²) < 4.78 is 0. The zero-order valence-corrected chi connectivity index (χ0v) is 18.7. The summed E-state index contributed by atoms with van der Waals surface area (Å²) in [6, 6.07) is 16.5. The summed E-state index contributed by atoms with van der Waals surface area (Å²) in [5.41, 5.74) is 2.17. The molecular formula is C23H21Cl2N5O2. The van der Waals surface area contributed by atoms with Crippen LogP contribution in [0, 0.1) is 0 Å². The highest BCUT2D eigenvalue weighted by atomic mass is 35.5. The van der Waals surface area contributed by atoms with Gasteiger partial charge in [0.1, 0.15) is 12.1 Å². The van der Waals surface area contributed by atoms with E-state index in [1.54, 1.807) is 17.3 Å². The maximum atomic E-state index is 12.6. The number of carbonyl (C=O) groups is 2. The van der Waals surface area contributed by atoms with Gasteiger partial charge in [0.25, 0.3) is 5.91 Å². The largest absolute Gasteiger partial charge is 0.353 e. The van der Waals surface area contributed by atoms with Gasteiger partial charge in [-0.1, -0.05) is 53.5 Å². The van der Waals surface area contributed by atoms with Crippen LogP contribution in [-0.2, 0) is 4.79 Å². The Hall–Kier alpha value is -3.16. The molecule has 7 nitrogen and oxygen atoms in total. The third-order valence-electron chi connectivity index (χ3n) is 5.25. The summed E-state index contributed by atoms with van der Waals surface area (Å²) in [6.45, 7) is 2.29. The fraction of sp³-hybridized carbons (Fsp3) is 0.217. The van der Waals surface area contributed by atoms with Gasteiger partial charge in [-0.2, -0.15) is 0 Å². The molecule has 3 aromatic rings. The van der Waals surface area contributed by atoms with E-state index in [-0.39, 0.29) is 23.0 Å². The maximum Gasteiger partial charge on any atom is 0.253 e. The molecule has 1 aliphatic heterocycles. The first kappa shape index (κ1) is 22.0. The second-order valence-electron chi connectivity index (χ2n) is 7.30. The van der Waals surface area contributed by atoms with E-state index >= 15 is 0 Å². The van der Waals surface area contributed by atoms with Crippen LogP contribution in [0.1, 0.15) is 10.4 Å². The van der Waals surface area contributed by atoms with E-state index < -0.39 is 5.91 Å². The van der Waals surface area contributed by atoms with Crippen LogP contribution in [0.25, 0.3) is 11.3 Å². The van der Waals surface area contributed by atoms with Crippen molar-refractivity contribution in [1.29, 1.82) is 0 Å². The number of amides is 2. The number of hydrogen-bond acceptors (Lipinski definition) is 5. The average Bonchev–Trinajstić information content (AvgIpc) is 2.83. The van der Waals surface area contributed by atoms with E-state index in [0.717, 1.165) is 17.1 Å². The molecule has 0 saturated carbocycles. The van der Waals surface area contributed by atoms with Crippen LogP contribution in [0.2, 0.25) is 10.0 Å². The molecule has 0 radical (unpaired) electrons. The predicted molar refractivity (Wildman–Crippen MR) is 125 cm³/mol. The molecule has 2 amide bonds. The summed E-state index contributed by atoms with van der Waals surface area (Å²) in [5, 5.41) is 3.32. The molecule has 0 spiro atoms. The van der Waals surface area contributed by atoms with Crippen molar-refractivity contribution in [2.75, 3.05) is 37.6 Å². The first-order valence-corrected chi connectivity index (χ1v) is 10.9. The average molecular weight is 470 g/mol. The van der Waals surface area contributed by atoms with Gasteiger partial charge in [0.05, 0.1) is 22.8 Å².